The minimum atomic E-state index is -0.990. The molecule has 0 saturated carbocycles. The summed E-state index contributed by atoms with van der Waals surface area (Å²) in [4.78, 5) is 15.5. The Labute approximate surface area is 125 Å². The highest BCUT2D eigenvalue weighted by Crippen LogP contribution is 2.24. The molecule has 0 radical (unpaired) electrons. The minimum Gasteiger partial charge on any atom is -0.478 e. The highest BCUT2D eigenvalue weighted by atomic mass is 32.1. The maximum atomic E-state index is 11.4. The topological polar surface area (TPSA) is 68.0 Å². The highest BCUT2D eigenvalue weighted by Gasteiger charge is 2.18. The Morgan fingerprint density at radius 2 is 2.29 bits per heavy atom. The van der Waals surface area contributed by atoms with Gasteiger partial charge in [0.05, 0.1) is 6.54 Å². The number of aromatic carboxylic acids is 1. The van der Waals surface area contributed by atoms with E-state index < -0.39 is 5.97 Å². The predicted octanol–water partition coefficient (Wildman–Crippen LogP) is 3.06. The Hall–Kier alpha value is -2.47. The first-order valence-electron chi connectivity index (χ1n) is 6.39. The Morgan fingerprint density at radius 3 is 2.95 bits per heavy atom. The first-order valence-corrected chi connectivity index (χ1v) is 7.27. The molecular formula is C15H13N3O2S. The lowest BCUT2D eigenvalue weighted by Gasteiger charge is -2.02. The van der Waals surface area contributed by atoms with Crippen LogP contribution < -0.4 is 0 Å². The van der Waals surface area contributed by atoms with Crippen LogP contribution >= 0.6 is 11.3 Å². The van der Waals surface area contributed by atoms with Crippen LogP contribution in [0.3, 0.4) is 0 Å². The average Bonchev–Trinajstić information content (AvgIpc) is 3.06. The molecule has 5 nitrogen and oxygen atoms in total. The summed E-state index contributed by atoms with van der Waals surface area (Å²) >= 11 is 1.38. The Bertz CT molecular complexity index is 778. The van der Waals surface area contributed by atoms with Gasteiger partial charge < -0.3 is 5.11 Å². The van der Waals surface area contributed by atoms with Crippen LogP contribution in [0.25, 0.3) is 10.7 Å². The highest BCUT2D eigenvalue weighted by molar-refractivity contribution is 7.13. The zero-order valence-electron chi connectivity index (χ0n) is 11.4. The van der Waals surface area contributed by atoms with Gasteiger partial charge in [0.2, 0.25) is 0 Å². The van der Waals surface area contributed by atoms with Crippen LogP contribution in [0.5, 0.6) is 0 Å². The van der Waals surface area contributed by atoms with Gasteiger partial charge in [-0.1, -0.05) is 29.8 Å². The van der Waals surface area contributed by atoms with Crippen molar-refractivity contribution in [1.29, 1.82) is 0 Å². The summed E-state index contributed by atoms with van der Waals surface area (Å²) in [5.74, 6) is -0.990. The van der Waals surface area contributed by atoms with Gasteiger partial charge in [-0.15, -0.1) is 11.3 Å². The number of hydrogen-bond donors (Lipinski definition) is 1. The van der Waals surface area contributed by atoms with Crippen LogP contribution in [-0.4, -0.2) is 25.8 Å². The third-order valence-electron chi connectivity index (χ3n) is 3.05. The molecule has 2 heterocycles. The summed E-state index contributed by atoms with van der Waals surface area (Å²) in [6.07, 6.45) is 3.20. The largest absolute Gasteiger partial charge is 0.478 e. The van der Waals surface area contributed by atoms with Gasteiger partial charge in [-0.2, -0.15) is 5.10 Å². The number of hydrogen-bond acceptors (Lipinski definition) is 4. The fraction of sp³-hybridized carbons (Fsp3) is 0.133. The number of rotatable bonds is 4. The molecule has 0 aliphatic rings. The van der Waals surface area contributed by atoms with Crippen molar-refractivity contribution < 1.29 is 9.90 Å². The summed E-state index contributed by atoms with van der Waals surface area (Å²) in [5, 5.41) is 16.1. The maximum Gasteiger partial charge on any atom is 0.339 e. The fourth-order valence-electron chi connectivity index (χ4n) is 2.15. The molecule has 0 amide bonds. The lowest BCUT2D eigenvalue weighted by atomic mass is 10.1. The Kier molecular flexibility index (Phi) is 3.53. The van der Waals surface area contributed by atoms with Crippen LogP contribution in [0.1, 0.15) is 21.5 Å². The lowest BCUT2D eigenvalue weighted by Crippen LogP contribution is -2.00. The van der Waals surface area contributed by atoms with Crippen molar-refractivity contribution in [3.63, 3.8) is 0 Å². The molecule has 0 fully saturated rings. The van der Waals surface area contributed by atoms with Crippen LogP contribution in [-0.2, 0) is 6.54 Å². The lowest BCUT2D eigenvalue weighted by molar-refractivity contribution is 0.0697. The molecular weight excluding hydrogens is 286 g/mol. The normalized spacial score (nSPS) is 10.7. The second-order valence-electron chi connectivity index (χ2n) is 4.72. The zero-order valence-corrected chi connectivity index (χ0v) is 12.2. The van der Waals surface area contributed by atoms with E-state index in [4.69, 9.17) is 0 Å². The maximum absolute atomic E-state index is 11.4. The van der Waals surface area contributed by atoms with Crippen LogP contribution in [0.4, 0.5) is 0 Å². The van der Waals surface area contributed by atoms with E-state index in [1.807, 2.05) is 25.1 Å². The second-order valence-corrected chi connectivity index (χ2v) is 5.61. The molecule has 0 unspecified atom stereocenters. The molecule has 1 aromatic carbocycles. The second kappa shape index (κ2) is 5.49. The quantitative estimate of drug-likeness (QED) is 0.804. The molecule has 21 heavy (non-hydrogen) atoms. The number of aryl methyl sites for hydroxylation is 1. The van der Waals surface area contributed by atoms with E-state index in [1.54, 1.807) is 22.5 Å². The third-order valence-corrected chi connectivity index (χ3v) is 3.83. The monoisotopic (exact) mass is 299 g/mol. The van der Waals surface area contributed by atoms with E-state index in [2.05, 4.69) is 16.1 Å². The van der Waals surface area contributed by atoms with Crippen molar-refractivity contribution in [2.45, 2.75) is 13.5 Å². The average molecular weight is 299 g/mol. The van der Waals surface area contributed by atoms with E-state index in [0.29, 0.717) is 17.2 Å². The molecule has 0 aliphatic heterocycles. The number of thiazole rings is 1. The van der Waals surface area contributed by atoms with Gasteiger partial charge in [0.15, 0.2) is 0 Å². The minimum absolute atomic E-state index is 0.178. The molecule has 3 rings (SSSR count). The summed E-state index contributed by atoms with van der Waals surface area (Å²) < 4.78 is 1.65. The predicted molar refractivity (Wildman–Crippen MR) is 80.6 cm³/mol. The molecule has 0 spiro atoms. The smallest absolute Gasteiger partial charge is 0.339 e. The molecule has 106 valence electrons. The van der Waals surface area contributed by atoms with Crippen LogP contribution in [0, 0.1) is 6.92 Å². The van der Waals surface area contributed by atoms with E-state index in [1.165, 1.54) is 16.9 Å². The van der Waals surface area contributed by atoms with Gasteiger partial charge in [-0.05, 0) is 12.5 Å². The van der Waals surface area contributed by atoms with E-state index in [9.17, 15) is 9.90 Å². The Morgan fingerprint density at radius 1 is 1.43 bits per heavy atom. The van der Waals surface area contributed by atoms with Crippen molar-refractivity contribution in [2.75, 3.05) is 0 Å². The van der Waals surface area contributed by atoms with Crippen molar-refractivity contribution in [1.82, 2.24) is 14.8 Å². The van der Waals surface area contributed by atoms with Crippen LogP contribution in [0.15, 0.2) is 42.0 Å². The van der Waals surface area contributed by atoms with E-state index in [0.717, 1.165) is 5.56 Å². The van der Waals surface area contributed by atoms with Gasteiger partial charge in [-0.25, -0.2) is 9.78 Å². The number of carboxylic acids is 1. The van der Waals surface area contributed by atoms with Crippen molar-refractivity contribution in [3.05, 3.63) is 58.7 Å². The van der Waals surface area contributed by atoms with Gasteiger partial charge in [-0.3, -0.25) is 4.68 Å². The molecule has 0 bridgehead atoms. The zero-order chi connectivity index (χ0) is 14.8. The van der Waals surface area contributed by atoms with Gasteiger partial charge >= 0.3 is 5.97 Å². The molecule has 6 heteroatoms. The number of carbonyl (C=O) groups is 1. The number of benzene rings is 1. The van der Waals surface area contributed by atoms with E-state index >= 15 is 0 Å². The number of carboxylic acid groups (broad SMARTS) is 1. The first-order chi connectivity index (χ1) is 10.1. The molecule has 0 atom stereocenters. The van der Waals surface area contributed by atoms with Gasteiger partial charge in [0, 0.05) is 17.8 Å². The fourth-order valence-corrected chi connectivity index (χ4v) is 2.79. The third kappa shape index (κ3) is 2.85. The standard InChI is InChI=1S/C15H13N3O2S/c1-10-3-2-4-11(7-10)8-18-9-12(15(19)20)13(17-18)14-16-5-6-21-14/h2-7,9H,8H2,1H3,(H,19,20). The summed E-state index contributed by atoms with van der Waals surface area (Å²) in [7, 11) is 0. The molecule has 0 aliphatic carbocycles. The summed E-state index contributed by atoms with van der Waals surface area (Å²) in [5.41, 5.74) is 2.85. The summed E-state index contributed by atoms with van der Waals surface area (Å²) in [6.45, 7) is 2.56. The number of nitrogens with zero attached hydrogens (tertiary/aromatic N) is 3. The first kappa shape index (κ1) is 13.5. The van der Waals surface area contributed by atoms with Crippen molar-refractivity contribution >= 4 is 17.3 Å². The van der Waals surface area contributed by atoms with Crippen molar-refractivity contribution in [3.8, 4) is 10.7 Å². The molecule has 0 saturated heterocycles. The van der Waals surface area contributed by atoms with Crippen LogP contribution in [0.2, 0.25) is 0 Å². The van der Waals surface area contributed by atoms with Gasteiger partial charge in [0.1, 0.15) is 16.3 Å². The SMILES string of the molecule is Cc1cccc(Cn2cc(C(=O)O)c(-c3nccs3)n2)c1. The number of aromatic nitrogens is 3. The Balaban J connectivity index is 1.97. The summed E-state index contributed by atoms with van der Waals surface area (Å²) in [6, 6.07) is 8.06. The molecule has 2 aromatic heterocycles. The van der Waals surface area contributed by atoms with Crippen molar-refractivity contribution in [2.24, 2.45) is 0 Å². The molecule has 1 N–H and O–H groups in total. The van der Waals surface area contributed by atoms with Gasteiger partial charge in [0.25, 0.3) is 0 Å². The molecule has 3 aromatic rings. The van der Waals surface area contributed by atoms with E-state index in [-0.39, 0.29) is 5.56 Å².